The van der Waals surface area contributed by atoms with Gasteiger partial charge in [-0.3, -0.25) is 4.79 Å². The fraction of sp³-hybridized carbons (Fsp3) is 0.261. The number of hydrogen-bond donors (Lipinski definition) is 1. The van der Waals surface area contributed by atoms with Crippen molar-refractivity contribution < 1.29 is 9.18 Å². The zero-order chi connectivity index (χ0) is 20.1. The van der Waals surface area contributed by atoms with Crippen molar-refractivity contribution in [1.82, 2.24) is 15.3 Å². The molecule has 1 N–H and O–H groups in total. The Hall–Kier alpha value is -3.28. The second kappa shape index (κ2) is 8.82. The summed E-state index contributed by atoms with van der Waals surface area (Å²) >= 11 is 0. The van der Waals surface area contributed by atoms with Gasteiger partial charge in [-0.25, -0.2) is 14.4 Å². The van der Waals surface area contributed by atoms with Crippen LogP contribution in [0.1, 0.15) is 35.3 Å². The topological polar surface area (TPSA) is 58.1 Å². The van der Waals surface area contributed by atoms with E-state index in [2.05, 4.69) is 15.2 Å². The first-order valence-corrected chi connectivity index (χ1v) is 9.91. The summed E-state index contributed by atoms with van der Waals surface area (Å²) in [5.74, 6) is 0.757. The number of amides is 1. The Bertz CT molecular complexity index is 970. The molecule has 0 spiro atoms. The molecule has 29 heavy (non-hydrogen) atoms. The fourth-order valence-electron chi connectivity index (χ4n) is 3.43. The number of aromatic nitrogens is 2. The lowest BCUT2D eigenvalue weighted by molar-refractivity contribution is 0.0946. The monoisotopic (exact) mass is 390 g/mol. The van der Waals surface area contributed by atoms with Crippen LogP contribution in [-0.2, 0) is 6.54 Å². The minimum Gasteiger partial charge on any atom is -0.356 e. The third-order valence-electron chi connectivity index (χ3n) is 5.02. The van der Waals surface area contributed by atoms with Crippen LogP contribution < -0.4 is 10.2 Å². The predicted octanol–water partition coefficient (Wildman–Crippen LogP) is 4.20. The molecule has 1 aromatic heterocycles. The Morgan fingerprint density at radius 1 is 0.966 bits per heavy atom. The van der Waals surface area contributed by atoms with Gasteiger partial charge in [0.05, 0.1) is 0 Å². The van der Waals surface area contributed by atoms with Crippen molar-refractivity contribution in [1.29, 1.82) is 0 Å². The van der Waals surface area contributed by atoms with Crippen LogP contribution >= 0.6 is 0 Å². The molecule has 0 bridgehead atoms. The first kappa shape index (κ1) is 19.1. The molecule has 6 heteroatoms. The molecule has 1 amide bonds. The number of hydrogen-bond acceptors (Lipinski definition) is 4. The molecule has 0 unspecified atom stereocenters. The molecule has 1 fully saturated rings. The highest BCUT2D eigenvalue weighted by molar-refractivity contribution is 5.93. The molecule has 1 saturated heterocycles. The Balaban J connectivity index is 1.60. The van der Waals surface area contributed by atoms with E-state index in [1.165, 1.54) is 18.6 Å². The molecule has 5 nitrogen and oxygen atoms in total. The number of carbonyl (C=O) groups is 1. The first-order chi connectivity index (χ1) is 14.2. The van der Waals surface area contributed by atoms with E-state index in [9.17, 15) is 9.18 Å². The maximum atomic E-state index is 13.1. The lowest BCUT2D eigenvalue weighted by Gasteiger charge is -2.28. The van der Waals surface area contributed by atoms with Gasteiger partial charge in [0.2, 0.25) is 0 Å². The number of nitrogens with one attached hydrogen (secondary N) is 1. The summed E-state index contributed by atoms with van der Waals surface area (Å²) < 4.78 is 13.1. The van der Waals surface area contributed by atoms with Gasteiger partial charge in [-0.2, -0.15) is 0 Å². The van der Waals surface area contributed by atoms with Gasteiger partial charge >= 0.3 is 0 Å². The summed E-state index contributed by atoms with van der Waals surface area (Å²) in [6.07, 6.45) is 3.46. The van der Waals surface area contributed by atoms with Crippen LogP contribution in [-0.4, -0.2) is 29.0 Å². The van der Waals surface area contributed by atoms with Gasteiger partial charge in [0, 0.05) is 31.3 Å². The summed E-state index contributed by atoms with van der Waals surface area (Å²) in [6, 6.07) is 17.5. The average Bonchev–Trinajstić information content (AvgIpc) is 2.79. The molecule has 0 atom stereocenters. The van der Waals surface area contributed by atoms with E-state index in [1.807, 2.05) is 30.3 Å². The van der Waals surface area contributed by atoms with Gasteiger partial charge < -0.3 is 10.2 Å². The van der Waals surface area contributed by atoms with Crippen LogP contribution in [0.5, 0.6) is 0 Å². The van der Waals surface area contributed by atoms with Gasteiger partial charge in [0.1, 0.15) is 17.3 Å². The SMILES string of the molecule is O=C(NCc1ccc(F)cc1)c1cc(N2CCCCC2)nc(-c2ccccc2)n1. The van der Waals surface area contributed by atoms with E-state index >= 15 is 0 Å². The van der Waals surface area contributed by atoms with Gasteiger partial charge in [0.25, 0.3) is 5.91 Å². The lowest BCUT2D eigenvalue weighted by Crippen LogP contribution is -2.31. The van der Waals surface area contributed by atoms with E-state index < -0.39 is 0 Å². The van der Waals surface area contributed by atoms with Crippen molar-refractivity contribution in [3.8, 4) is 11.4 Å². The van der Waals surface area contributed by atoms with Crippen molar-refractivity contribution in [2.45, 2.75) is 25.8 Å². The molecule has 0 saturated carbocycles. The van der Waals surface area contributed by atoms with Crippen LogP contribution in [0.15, 0.2) is 60.7 Å². The molecule has 3 aromatic rings. The number of benzene rings is 2. The quantitative estimate of drug-likeness (QED) is 0.709. The molecule has 0 radical (unpaired) electrons. The van der Waals surface area contributed by atoms with Crippen molar-refractivity contribution in [3.05, 3.63) is 77.7 Å². The van der Waals surface area contributed by atoms with Crippen molar-refractivity contribution in [2.75, 3.05) is 18.0 Å². The zero-order valence-corrected chi connectivity index (χ0v) is 16.1. The number of halogens is 1. The lowest BCUT2D eigenvalue weighted by atomic mass is 10.1. The van der Waals surface area contributed by atoms with Crippen LogP contribution in [0.2, 0.25) is 0 Å². The number of piperidine rings is 1. The first-order valence-electron chi connectivity index (χ1n) is 9.91. The average molecular weight is 390 g/mol. The Labute approximate surface area is 169 Å². The highest BCUT2D eigenvalue weighted by Gasteiger charge is 2.18. The maximum absolute atomic E-state index is 13.1. The summed E-state index contributed by atoms with van der Waals surface area (Å²) in [7, 11) is 0. The molecular formula is C23H23FN4O. The van der Waals surface area contributed by atoms with E-state index in [-0.39, 0.29) is 11.7 Å². The Kier molecular flexibility index (Phi) is 5.79. The number of rotatable bonds is 5. The highest BCUT2D eigenvalue weighted by atomic mass is 19.1. The normalized spacial score (nSPS) is 13.9. The van der Waals surface area contributed by atoms with Gasteiger partial charge in [-0.1, -0.05) is 42.5 Å². The molecule has 0 aliphatic carbocycles. The van der Waals surface area contributed by atoms with E-state index in [0.29, 0.717) is 18.1 Å². The largest absolute Gasteiger partial charge is 0.356 e. The summed E-state index contributed by atoms with van der Waals surface area (Å²) in [5, 5.41) is 2.87. The van der Waals surface area contributed by atoms with Crippen LogP contribution in [0.25, 0.3) is 11.4 Å². The van der Waals surface area contributed by atoms with Crippen LogP contribution in [0.3, 0.4) is 0 Å². The molecule has 148 valence electrons. The highest BCUT2D eigenvalue weighted by Crippen LogP contribution is 2.23. The second-order valence-electron chi connectivity index (χ2n) is 7.16. The fourth-order valence-corrected chi connectivity index (χ4v) is 3.43. The summed E-state index contributed by atoms with van der Waals surface area (Å²) in [6.45, 7) is 2.17. The molecule has 2 aromatic carbocycles. The van der Waals surface area contributed by atoms with Crippen molar-refractivity contribution in [2.24, 2.45) is 0 Å². The summed E-state index contributed by atoms with van der Waals surface area (Å²) in [5.41, 5.74) is 2.04. The summed E-state index contributed by atoms with van der Waals surface area (Å²) in [4.78, 5) is 24.3. The van der Waals surface area contributed by atoms with E-state index in [4.69, 9.17) is 4.98 Å². The van der Waals surface area contributed by atoms with Gasteiger partial charge in [-0.05, 0) is 37.0 Å². The van der Waals surface area contributed by atoms with Gasteiger partial charge in [0.15, 0.2) is 5.82 Å². The standard InChI is InChI=1S/C23H23FN4O/c24-19-11-9-17(10-12-19)16-25-23(29)20-15-21(28-13-5-2-6-14-28)27-22(26-20)18-7-3-1-4-8-18/h1,3-4,7-12,15H,2,5-6,13-14,16H2,(H,25,29). The molecule has 4 rings (SSSR count). The van der Waals surface area contributed by atoms with Gasteiger partial charge in [-0.15, -0.1) is 0 Å². The van der Waals surface area contributed by atoms with Crippen LogP contribution in [0.4, 0.5) is 10.2 Å². The van der Waals surface area contributed by atoms with Crippen molar-refractivity contribution >= 4 is 11.7 Å². The van der Waals surface area contributed by atoms with E-state index in [1.54, 1.807) is 18.2 Å². The maximum Gasteiger partial charge on any atom is 0.270 e. The zero-order valence-electron chi connectivity index (χ0n) is 16.1. The van der Waals surface area contributed by atoms with Crippen LogP contribution in [0, 0.1) is 5.82 Å². The third-order valence-corrected chi connectivity index (χ3v) is 5.02. The molecule has 2 heterocycles. The van der Waals surface area contributed by atoms with E-state index in [0.717, 1.165) is 42.9 Å². The third kappa shape index (κ3) is 4.77. The molecule has 1 aliphatic rings. The second-order valence-corrected chi connectivity index (χ2v) is 7.16. The Morgan fingerprint density at radius 2 is 1.69 bits per heavy atom. The molecule has 1 aliphatic heterocycles. The smallest absolute Gasteiger partial charge is 0.270 e. The minimum atomic E-state index is -0.297. The number of carbonyl (C=O) groups excluding carboxylic acids is 1. The minimum absolute atomic E-state index is 0.271. The molecular weight excluding hydrogens is 367 g/mol. The predicted molar refractivity (Wildman–Crippen MR) is 111 cm³/mol. The number of nitrogens with zero attached hydrogens (tertiary/aromatic N) is 3. The Morgan fingerprint density at radius 3 is 2.41 bits per heavy atom. The van der Waals surface area contributed by atoms with Crippen molar-refractivity contribution in [3.63, 3.8) is 0 Å². The number of anilines is 1.